The lowest BCUT2D eigenvalue weighted by molar-refractivity contribution is -0.147. The molecule has 0 aliphatic carbocycles. The molecular formula is C18H15N3O7S. The molecule has 0 aromatic heterocycles. The highest BCUT2D eigenvalue weighted by Crippen LogP contribution is 2.22. The highest BCUT2D eigenvalue weighted by Gasteiger charge is 2.36. The smallest absolute Gasteiger partial charge is 0.326 e. The van der Waals surface area contributed by atoms with Crippen molar-refractivity contribution in [3.63, 3.8) is 0 Å². The molecule has 10 nitrogen and oxygen atoms in total. The van der Waals surface area contributed by atoms with Crippen molar-refractivity contribution in [3.8, 4) is 0 Å². The van der Waals surface area contributed by atoms with E-state index in [0.717, 1.165) is 11.0 Å². The van der Waals surface area contributed by atoms with Crippen LogP contribution < -0.4 is 10.5 Å². The van der Waals surface area contributed by atoms with E-state index < -0.39 is 46.9 Å². The number of fused-ring (bicyclic) bond motifs is 1. The SMILES string of the molecule is NS(=O)(=O)c1cccc(NC(=O)COC(=O)CN2C(=O)c3ccccc3C2=O)c1. The van der Waals surface area contributed by atoms with Crippen molar-refractivity contribution in [1.29, 1.82) is 0 Å². The number of ether oxygens (including phenoxy) is 1. The molecule has 0 unspecified atom stereocenters. The molecule has 3 N–H and O–H groups in total. The van der Waals surface area contributed by atoms with Gasteiger partial charge in [-0.25, -0.2) is 13.6 Å². The Hall–Kier alpha value is -3.57. The van der Waals surface area contributed by atoms with Crippen molar-refractivity contribution in [2.45, 2.75) is 4.90 Å². The predicted octanol–water partition coefficient (Wildman–Crippen LogP) is 0.112. The second-order valence-corrected chi connectivity index (χ2v) is 7.59. The van der Waals surface area contributed by atoms with Gasteiger partial charge < -0.3 is 10.1 Å². The largest absolute Gasteiger partial charge is 0.454 e. The number of nitrogens with zero attached hydrogens (tertiary/aromatic N) is 1. The maximum atomic E-state index is 12.2. The molecule has 3 amide bonds. The van der Waals surface area contributed by atoms with E-state index in [1.807, 2.05) is 0 Å². The molecule has 2 aromatic carbocycles. The van der Waals surface area contributed by atoms with Crippen LogP contribution in [0.15, 0.2) is 53.4 Å². The van der Waals surface area contributed by atoms with Gasteiger partial charge in [0.15, 0.2) is 6.61 Å². The summed E-state index contributed by atoms with van der Waals surface area (Å²) in [5, 5.41) is 7.37. The normalized spacial score (nSPS) is 13.2. The molecule has 1 aliphatic rings. The summed E-state index contributed by atoms with van der Waals surface area (Å²) in [6, 6.07) is 11.4. The van der Waals surface area contributed by atoms with E-state index in [2.05, 4.69) is 5.32 Å². The van der Waals surface area contributed by atoms with Gasteiger partial charge in [0.2, 0.25) is 10.0 Å². The van der Waals surface area contributed by atoms with E-state index in [4.69, 9.17) is 9.88 Å². The van der Waals surface area contributed by atoms with Gasteiger partial charge >= 0.3 is 5.97 Å². The van der Waals surface area contributed by atoms with Gasteiger partial charge in [-0.2, -0.15) is 0 Å². The zero-order chi connectivity index (χ0) is 21.2. The van der Waals surface area contributed by atoms with E-state index in [1.54, 1.807) is 12.1 Å². The number of nitrogens with one attached hydrogen (secondary N) is 1. The first-order valence-corrected chi connectivity index (χ1v) is 9.75. The number of rotatable bonds is 6. The Morgan fingerprint density at radius 1 is 1.00 bits per heavy atom. The molecule has 0 saturated heterocycles. The molecule has 0 fully saturated rings. The quantitative estimate of drug-likeness (QED) is 0.500. The third-order valence-corrected chi connectivity index (χ3v) is 4.89. The van der Waals surface area contributed by atoms with Crippen LogP contribution in [-0.4, -0.2) is 50.2 Å². The van der Waals surface area contributed by atoms with Crippen molar-refractivity contribution >= 4 is 39.4 Å². The number of anilines is 1. The number of sulfonamides is 1. The van der Waals surface area contributed by atoms with Gasteiger partial charge in [0.05, 0.1) is 16.0 Å². The number of esters is 1. The van der Waals surface area contributed by atoms with E-state index in [9.17, 15) is 27.6 Å². The van der Waals surface area contributed by atoms with Crippen molar-refractivity contribution in [2.75, 3.05) is 18.5 Å². The fourth-order valence-electron chi connectivity index (χ4n) is 2.65. The topological polar surface area (TPSA) is 153 Å². The summed E-state index contributed by atoms with van der Waals surface area (Å²) >= 11 is 0. The van der Waals surface area contributed by atoms with Crippen molar-refractivity contribution in [1.82, 2.24) is 4.90 Å². The second-order valence-electron chi connectivity index (χ2n) is 6.02. The first kappa shape index (κ1) is 20.2. The zero-order valence-electron chi connectivity index (χ0n) is 14.8. The highest BCUT2D eigenvalue weighted by molar-refractivity contribution is 7.89. The third-order valence-electron chi connectivity index (χ3n) is 3.98. The number of primary sulfonamides is 1. The Kier molecular flexibility index (Phi) is 5.43. The number of hydrogen-bond donors (Lipinski definition) is 2. The molecule has 0 bridgehead atoms. The molecule has 1 heterocycles. The Balaban J connectivity index is 1.55. The summed E-state index contributed by atoms with van der Waals surface area (Å²) in [6.07, 6.45) is 0. The standard InChI is InChI=1S/C18H15N3O7S/c19-29(26,27)12-5-3-4-11(8-12)20-15(22)10-28-16(23)9-21-17(24)13-6-1-2-7-14(13)18(21)25/h1-8H,9-10H2,(H,20,22)(H2,19,26,27). The maximum absolute atomic E-state index is 12.2. The predicted molar refractivity (Wildman–Crippen MR) is 99.2 cm³/mol. The molecule has 29 heavy (non-hydrogen) atoms. The molecule has 0 saturated carbocycles. The van der Waals surface area contributed by atoms with Gasteiger partial charge in [0, 0.05) is 5.69 Å². The molecule has 0 spiro atoms. The molecular weight excluding hydrogens is 402 g/mol. The maximum Gasteiger partial charge on any atom is 0.326 e. The van der Waals surface area contributed by atoms with E-state index >= 15 is 0 Å². The van der Waals surface area contributed by atoms with Crippen molar-refractivity contribution in [3.05, 3.63) is 59.7 Å². The Bertz CT molecular complexity index is 1090. The van der Waals surface area contributed by atoms with E-state index in [-0.39, 0.29) is 21.7 Å². The van der Waals surface area contributed by atoms with Crippen LogP contribution >= 0.6 is 0 Å². The second kappa shape index (κ2) is 7.81. The van der Waals surface area contributed by atoms with Crippen LogP contribution in [0.3, 0.4) is 0 Å². The highest BCUT2D eigenvalue weighted by atomic mass is 32.2. The molecule has 11 heteroatoms. The average molecular weight is 417 g/mol. The minimum absolute atomic E-state index is 0.137. The molecule has 1 aliphatic heterocycles. The zero-order valence-corrected chi connectivity index (χ0v) is 15.6. The monoisotopic (exact) mass is 417 g/mol. The van der Waals surface area contributed by atoms with Gasteiger partial charge in [0.1, 0.15) is 6.54 Å². The summed E-state index contributed by atoms with van der Waals surface area (Å²) in [7, 11) is -3.94. The summed E-state index contributed by atoms with van der Waals surface area (Å²) in [5.41, 5.74) is 0.522. The van der Waals surface area contributed by atoms with Gasteiger partial charge in [-0.15, -0.1) is 0 Å². The van der Waals surface area contributed by atoms with Gasteiger partial charge in [0.25, 0.3) is 17.7 Å². The fourth-order valence-corrected chi connectivity index (χ4v) is 3.21. The van der Waals surface area contributed by atoms with Gasteiger partial charge in [-0.1, -0.05) is 18.2 Å². The van der Waals surface area contributed by atoms with E-state index in [1.165, 1.54) is 30.3 Å². The lowest BCUT2D eigenvalue weighted by Gasteiger charge is -2.13. The van der Waals surface area contributed by atoms with Gasteiger partial charge in [-0.3, -0.25) is 24.1 Å². The Morgan fingerprint density at radius 2 is 1.62 bits per heavy atom. The number of nitrogens with two attached hydrogens (primary N) is 1. The minimum Gasteiger partial charge on any atom is -0.454 e. The number of benzene rings is 2. The lowest BCUT2D eigenvalue weighted by Crippen LogP contribution is -2.36. The Morgan fingerprint density at radius 3 is 2.21 bits per heavy atom. The van der Waals surface area contributed by atoms with Crippen LogP contribution in [0.1, 0.15) is 20.7 Å². The first-order valence-electron chi connectivity index (χ1n) is 8.20. The van der Waals surface area contributed by atoms with Crippen LogP contribution in [0, 0.1) is 0 Å². The van der Waals surface area contributed by atoms with Gasteiger partial charge in [-0.05, 0) is 30.3 Å². The van der Waals surface area contributed by atoms with E-state index in [0.29, 0.717) is 0 Å². The summed E-state index contributed by atoms with van der Waals surface area (Å²) < 4.78 is 27.4. The number of imide groups is 1. The molecule has 0 atom stereocenters. The number of amides is 3. The summed E-state index contributed by atoms with van der Waals surface area (Å²) in [4.78, 5) is 48.8. The Labute approximate surface area is 165 Å². The molecule has 2 aromatic rings. The first-order chi connectivity index (χ1) is 13.7. The summed E-state index contributed by atoms with van der Waals surface area (Å²) in [5.74, 6) is -2.93. The molecule has 0 radical (unpaired) electrons. The summed E-state index contributed by atoms with van der Waals surface area (Å²) in [6.45, 7) is -1.33. The van der Waals surface area contributed by atoms with Crippen LogP contribution in [0.5, 0.6) is 0 Å². The lowest BCUT2D eigenvalue weighted by atomic mass is 10.1. The number of carbonyl (C=O) groups is 4. The van der Waals surface area contributed by atoms with Crippen LogP contribution in [0.25, 0.3) is 0 Å². The minimum atomic E-state index is -3.94. The van der Waals surface area contributed by atoms with Crippen molar-refractivity contribution < 1.29 is 32.3 Å². The van der Waals surface area contributed by atoms with Crippen LogP contribution in [0.4, 0.5) is 5.69 Å². The number of hydrogen-bond acceptors (Lipinski definition) is 7. The molecule has 3 rings (SSSR count). The third kappa shape index (κ3) is 4.47. The average Bonchev–Trinajstić information content (AvgIpc) is 2.91. The molecule has 150 valence electrons. The van der Waals surface area contributed by atoms with Crippen LogP contribution in [-0.2, 0) is 24.3 Å². The van der Waals surface area contributed by atoms with Crippen molar-refractivity contribution in [2.24, 2.45) is 5.14 Å². The van der Waals surface area contributed by atoms with Crippen LogP contribution in [0.2, 0.25) is 0 Å². The number of carbonyl (C=O) groups excluding carboxylic acids is 4. The fraction of sp³-hybridized carbons (Fsp3) is 0.111.